The maximum absolute atomic E-state index is 12.5. The van der Waals surface area contributed by atoms with E-state index in [1.165, 1.54) is 11.3 Å². The summed E-state index contributed by atoms with van der Waals surface area (Å²) in [5.74, 6) is 0.345. The van der Waals surface area contributed by atoms with Crippen molar-refractivity contribution in [1.82, 2.24) is 4.90 Å². The first-order valence-corrected chi connectivity index (χ1v) is 8.55. The molecule has 5 heteroatoms. The van der Waals surface area contributed by atoms with E-state index in [0.29, 0.717) is 6.54 Å². The molecule has 3 rings (SSSR count). The molecule has 0 radical (unpaired) electrons. The minimum atomic E-state index is 0.114. The molecule has 0 spiro atoms. The van der Waals surface area contributed by atoms with Crippen LogP contribution in [0.4, 0.5) is 5.69 Å². The highest BCUT2D eigenvalue weighted by atomic mass is 16.5. The number of morpholine rings is 1. The second kappa shape index (κ2) is 7.32. The molecular weight excluding hydrogens is 290 g/mol. The van der Waals surface area contributed by atoms with Crippen molar-refractivity contribution in [2.75, 3.05) is 38.3 Å². The average molecular weight is 317 g/mol. The molecule has 1 amide bonds. The molecule has 2 N–H and O–H groups in total. The van der Waals surface area contributed by atoms with Gasteiger partial charge in [0.15, 0.2) is 0 Å². The summed E-state index contributed by atoms with van der Waals surface area (Å²) in [4.78, 5) is 16.6. The number of anilines is 1. The summed E-state index contributed by atoms with van der Waals surface area (Å²) in [5, 5.41) is 0. The highest BCUT2D eigenvalue weighted by molar-refractivity contribution is 5.79. The number of carbonyl (C=O) groups is 1. The van der Waals surface area contributed by atoms with Crippen LogP contribution in [-0.4, -0.2) is 50.2 Å². The number of carbonyl (C=O) groups excluding carboxylic acids is 1. The van der Waals surface area contributed by atoms with Crippen LogP contribution in [0.2, 0.25) is 0 Å². The van der Waals surface area contributed by atoms with Crippen LogP contribution in [0.25, 0.3) is 0 Å². The minimum absolute atomic E-state index is 0.114. The third-order valence-corrected chi connectivity index (χ3v) is 4.93. The summed E-state index contributed by atoms with van der Waals surface area (Å²) < 4.78 is 5.39. The first-order chi connectivity index (χ1) is 11.1. The van der Waals surface area contributed by atoms with Gasteiger partial charge in [-0.25, -0.2) is 0 Å². The third-order valence-electron chi connectivity index (χ3n) is 4.93. The van der Waals surface area contributed by atoms with Gasteiger partial charge in [0.05, 0.1) is 13.2 Å². The van der Waals surface area contributed by atoms with Gasteiger partial charge in [-0.15, -0.1) is 0 Å². The number of rotatable bonds is 4. The van der Waals surface area contributed by atoms with Crippen LogP contribution in [-0.2, 0) is 16.1 Å². The van der Waals surface area contributed by atoms with Crippen molar-refractivity contribution in [3.05, 3.63) is 29.8 Å². The third kappa shape index (κ3) is 4.03. The van der Waals surface area contributed by atoms with E-state index in [4.69, 9.17) is 10.5 Å². The normalized spacial score (nSPS) is 24.7. The molecule has 2 fully saturated rings. The molecular formula is C18H27N3O2. The Bertz CT molecular complexity index is 526. The number of amides is 1. The van der Waals surface area contributed by atoms with Crippen molar-refractivity contribution in [1.29, 1.82) is 0 Å². The van der Waals surface area contributed by atoms with Gasteiger partial charge in [-0.3, -0.25) is 4.79 Å². The van der Waals surface area contributed by atoms with Crippen LogP contribution in [0.5, 0.6) is 0 Å². The molecule has 1 aromatic rings. The fourth-order valence-electron chi connectivity index (χ4n) is 3.54. The molecule has 2 aliphatic rings. The van der Waals surface area contributed by atoms with Gasteiger partial charge in [0.2, 0.25) is 5.91 Å². The fraction of sp³-hybridized carbons (Fsp3) is 0.611. The van der Waals surface area contributed by atoms with Gasteiger partial charge in [0, 0.05) is 44.3 Å². The van der Waals surface area contributed by atoms with E-state index in [9.17, 15) is 4.79 Å². The van der Waals surface area contributed by atoms with Crippen LogP contribution in [0.1, 0.15) is 24.8 Å². The van der Waals surface area contributed by atoms with E-state index in [2.05, 4.69) is 29.2 Å². The van der Waals surface area contributed by atoms with Crippen LogP contribution >= 0.6 is 0 Å². The van der Waals surface area contributed by atoms with E-state index < -0.39 is 0 Å². The van der Waals surface area contributed by atoms with Crippen LogP contribution in [0, 0.1) is 5.92 Å². The summed E-state index contributed by atoms with van der Waals surface area (Å²) in [6.45, 7) is 4.14. The van der Waals surface area contributed by atoms with Crippen LogP contribution < -0.4 is 10.6 Å². The molecule has 1 aliphatic heterocycles. The molecule has 2 atom stereocenters. The Labute approximate surface area is 138 Å². The summed E-state index contributed by atoms with van der Waals surface area (Å²) in [5.41, 5.74) is 8.32. The minimum Gasteiger partial charge on any atom is -0.378 e. The molecule has 5 nitrogen and oxygen atoms in total. The van der Waals surface area contributed by atoms with E-state index in [-0.39, 0.29) is 17.9 Å². The van der Waals surface area contributed by atoms with Gasteiger partial charge >= 0.3 is 0 Å². The maximum atomic E-state index is 12.5. The Hall–Kier alpha value is -1.59. The first kappa shape index (κ1) is 16.3. The number of benzene rings is 1. The predicted octanol–water partition coefficient (Wildman–Crippen LogP) is 1.61. The zero-order valence-electron chi connectivity index (χ0n) is 13.9. The standard InChI is InChI=1S/C18H27N3O2/c1-20(18(22)15-4-5-16(19)12-15)13-14-2-6-17(7-3-14)21-8-10-23-11-9-21/h2-3,6-7,15-16H,4-5,8-13,19H2,1H3/t15-,16-/m1/s1. The van der Waals surface area contributed by atoms with Crippen molar-refractivity contribution in [2.45, 2.75) is 31.8 Å². The Balaban J connectivity index is 1.56. The molecule has 0 unspecified atom stereocenters. The van der Waals surface area contributed by atoms with Crippen molar-refractivity contribution in [3.8, 4) is 0 Å². The number of nitrogens with two attached hydrogens (primary N) is 1. The van der Waals surface area contributed by atoms with Crippen LogP contribution in [0.15, 0.2) is 24.3 Å². The molecule has 126 valence electrons. The Morgan fingerprint density at radius 2 is 1.96 bits per heavy atom. The zero-order chi connectivity index (χ0) is 16.2. The van der Waals surface area contributed by atoms with Gasteiger partial charge < -0.3 is 20.3 Å². The van der Waals surface area contributed by atoms with Gasteiger partial charge in [0.25, 0.3) is 0 Å². The molecule has 23 heavy (non-hydrogen) atoms. The Kier molecular flexibility index (Phi) is 5.18. The van der Waals surface area contributed by atoms with Crippen molar-refractivity contribution in [3.63, 3.8) is 0 Å². The second-order valence-electron chi connectivity index (χ2n) is 6.73. The molecule has 0 bridgehead atoms. The molecule has 1 heterocycles. The highest BCUT2D eigenvalue weighted by Crippen LogP contribution is 2.26. The smallest absolute Gasteiger partial charge is 0.225 e. The number of nitrogens with zero attached hydrogens (tertiary/aromatic N) is 2. The van der Waals surface area contributed by atoms with Crippen molar-refractivity contribution < 1.29 is 9.53 Å². The average Bonchev–Trinajstić information content (AvgIpc) is 3.02. The predicted molar refractivity (Wildman–Crippen MR) is 91.3 cm³/mol. The molecule has 1 saturated heterocycles. The topological polar surface area (TPSA) is 58.8 Å². The van der Waals surface area contributed by atoms with Gasteiger partial charge in [0.1, 0.15) is 0 Å². The van der Waals surface area contributed by atoms with Gasteiger partial charge in [-0.05, 0) is 37.0 Å². The lowest BCUT2D eigenvalue weighted by Gasteiger charge is -2.29. The zero-order valence-corrected chi connectivity index (χ0v) is 13.9. The summed E-state index contributed by atoms with van der Waals surface area (Å²) in [6.07, 6.45) is 2.73. The fourth-order valence-corrected chi connectivity index (χ4v) is 3.54. The lowest BCUT2D eigenvalue weighted by molar-refractivity contribution is -0.134. The van der Waals surface area contributed by atoms with Crippen molar-refractivity contribution >= 4 is 11.6 Å². The van der Waals surface area contributed by atoms with Crippen LogP contribution in [0.3, 0.4) is 0 Å². The number of ether oxygens (including phenoxy) is 1. The van der Waals surface area contributed by atoms with E-state index in [1.807, 2.05) is 11.9 Å². The molecule has 0 aromatic heterocycles. The quantitative estimate of drug-likeness (QED) is 0.916. The monoisotopic (exact) mass is 317 g/mol. The molecule has 1 aliphatic carbocycles. The Morgan fingerprint density at radius 3 is 2.57 bits per heavy atom. The van der Waals surface area contributed by atoms with E-state index in [0.717, 1.165) is 45.6 Å². The second-order valence-corrected chi connectivity index (χ2v) is 6.73. The number of hydrogen-bond donors (Lipinski definition) is 1. The maximum Gasteiger partial charge on any atom is 0.225 e. The van der Waals surface area contributed by atoms with E-state index >= 15 is 0 Å². The summed E-state index contributed by atoms with van der Waals surface area (Å²) >= 11 is 0. The summed E-state index contributed by atoms with van der Waals surface area (Å²) in [7, 11) is 1.89. The largest absolute Gasteiger partial charge is 0.378 e. The first-order valence-electron chi connectivity index (χ1n) is 8.55. The van der Waals surface area contributed by atoms with Crippen molar-refractivity contribution in [2.24, 2.45) is 11.7 Å². The molecule has 1 saturated carbocycles. The molecule has 1 aromatic carbocycles. The van der Waals surface area contributed by atoms with Gasteiger partial charge in [-0.2, -0.15) is 0 Å². The lowest BCUT2D eigenvalue weighted by atomic mass is 10.1. The summed E-state index contributed by atoms with van der Waals surface area (Å²) in [6, 6.07) is 8.73. The highest BCUT2D eigenvalue weighted by Gasteiger charge is 2.29. The SMILES string of the molecule is CN(Cc1ccc(N2CCOCC2)cc1)C(=O)[C@@H]1CC[C@@H](N)C1. The van der Waals surface area contributed by atoms with E-state index in [1.54, 1.807) is 0 Å². The number of hydrogen-bond acceptors (Lipinski definition) is 4. The lowest BCUT2D eigenvalue weighted by Crippen LogP contribution is -2.36. The van der Waals surface area contributed by atoms with Gasteiger partial charge in [-0.1, -0.05) is 12.1 Å². The Morgan fingerprint density at radius 1 is 1.26 bits per heavy atom.